The van der Waals surface area contributed by atoms with E-state index in [9.17, 15) is 9.59 Å². The van der Waals surface area contributed by atoms with Gasteiger partial charge in [0.15, 0.2) is 0 Å². The summed E-state index contributed by atoms with van der Waals surface area (Å²) in [6.07, 6.45) is -0.588. The van der Waals surface area contributed by atoms with Crippen molar-refractivity contribution < 1.29 is 9.53 Å². The van der Waals surface area contributed by atoms with E-state index in [-0.39, 0.29) is 12.1 Å². The molecule has 0 spiro atoms. The number of para-hydroxylation sites is 1. The number of aromatic nitrogens is 2. The molecule has 0 amide bonds. The van der Waals surface area contributed by atoms with Crippen molar-refractivity contribution in [2.75, 3.05) is 5.73 Å². The average Bonchev–Trinajstić information content (AvgIpc) is 2.79. The number of fused-ring (bicyclic) bond motifs is 1. The molecule has 1 aromatic heterocycles. The van der Waals surface area contributed by atoms with Crippen LogP contribution in [0.25, 0.3) is 10.9 Å². The third-order valence-corrected chi connectivity index (χ3v) is 3.69. The van der Waals surface area contributed by atoms with Gasteiger partial charge in [-0.2, -0.15) is 4.68 Å². The van der Waals surface area contributed by atoms with Crippen LogP contribution < -0.4 is 11.3 Å². The summed E-state index contributed by atoms with van der Waals surface area (Å²) in [4.78, 5) is 25.5. The van der Waals surface area contributed by atoms with E-state index in [0.29, 0.717) is 16.6 Å². The molecule has 0 radical (unpaired) electrons. The van der Waals surface area contributed by atoms with Gasteiger partial charge in [0.05, 0.1) is 17.4 Å². The zero-order valence-electron chi connectivity index (χ0n) is 14.5. The Morgan fingerprint density at radius 3 is 2.52 bits per heavy atom. The number of hydrogen-bond acceptors (Lipinski definition) is 4. The fourth-order valence-corrected chi connectivity index (χ4v) is 2.71. The quantitative estimate of drug-likeness (QED) is 0.727. The summed E-state index contributed by atoms with van der Waals surface area (Å²) in [5.74, 6) is 0. The molecule has 1 heterocycles. The summed E-state index contributed by atoms with van der Waals surface area (Å²) in [6, 6.07) is 14.2. The van der Waals surface area contributed by atoms with Crippen molar-refractivity contribution in [1.82, 2.24) is 9.36 Å². The van der Waals surface area contributed by atoms with Gasteiger partial charge in [0.2, 0.25) is 0 Å². The highest BCUT2D eigenvalue weighted by molar-refractivity contribution is 5.87. The lowest BCUT2D eigenvalue weighted by molar-refractivity contribution is 0.0499. The molecule has 25 heavy (non-hydrogen) atoms. The van der Waals surface area contributed by atoms with E-state index < -0.39 is 11.7 Å². The zero-order chi connectivity index (χ0) is 18.2. The second kappa shape index (κ2) is 6.12. The van der Waals surface area contributed by atoms with E-state index in [1.54, 1.807) is 57.2 Å². The van der Waals surface area contributed by atoms with E-state index in [1.807, 2.05) is 12.1 Å². The summed E-state index contributed by atoms with van der Waals surface area (Å²) in [7, 11) is 0. The number of nitrogens with two attached hydrogens (primary N) is 1. The number of ether oxygens (including phenoxy) is 1. The van der Waals surface area contributed by atoms with Crippen LogP contribution in [0.2, 0.25) is 0 Å². The van der Waals surface area contributed by atoms with Crippen LogP contribution in [0.4, 0.5) is 10.5 Å². The number of carbonyl (C=O) groups excluding carboxylic acids is 1. The van der Waals surface area contributed by atoms with Crippen LogP contribution >= 0.6 is 0 Å². The maximum Gasteiger partial charge on any atom is 0.434 e. The lowest BCUT2D eigenvalue weighted by atomic mass is 10.2. The first-order valence-corrected chi connectivity index (χ1v) is 8.04. The average molecular weight is 339 g/mol. The number of benzene rings is 2. The van der Waals surface area contributed by atoms with Gasteiger partial charge in [-0.3, -0.25) is 4.79 Å². The van der Waals surface area contributed by atoms with Crippen LogP contribution in [-0.4, -0.2) is 21.1 Å². The fourth-order valence-electron chi connectivity index (χ4n) is 2.71. The highest BCUT2D eigenvalue weighted by Gasteiger charge is 2.23. The Bertz CT molecular complexity index is 993. The summed E-state index contributed by atoms with van der Waals surface area (Å²) in [5.41, 5.74) is 6.86. The summed E-state index contributed by atoms with van der Waals surface area (Å²) in [5, 5.41) is 0.470. The number of rotatable bonds is 2. The molecular weight excluding hydrogens is 318 g/mol. The van der Waals surface area contributed by atoms with Crippen LogP contribution in [0.1, 0.15) is 26.3 Å². The van der Waals surface area contributed by atoms with Crippen LogP contribution in [0.3, 0.4) is 0 Å². The molecule has 0 unspecified atom stereocenters. The Hall–Kier alpha value is -3.02. The topological polar surface area (TPSA) is 79.2 Å². The SMILES string of the molecule is CC(C)(C)OC(=O)n1c2ccccc2c(=O)n1Cc1cccc(N)c1. The van der Waals surface area contributed by atoms with Crippen molar-refractivity contribution in [3.05, 3.63) is 64.4 Å². The van der Waals surface area contributed by atoms with Gasteiger partial charge in [-0.1, -0.05) is 24.3 Å². The standard InChI is InChI=1S/C19H21N3O3/c1-19(2,3)25-18(24)22-16-10-5-4-9-15(16)17(23)21(22)12-13-7-6-8-14(20)11-13/h4-11H,12,20H2,1-3H3. The maximum absolute atomic E-state index is 12.8. The van der Waals surface area contributed by atoms with Crippen LogP contribution in [0.15, 0.2) is 53.3 Å². The molecule has 0 saturated heterocycles. The van der Waals surface area contributed by atoms with E-state index in [0.717, 1.165) is 5.56 Å². The van der Waals surface area contributed by atoms with Gasteiger partial charge in [-0.25, -0.2) is 9.48 Å². The van der Waals surface area contributed by atoms with Crippen molar-refractivity contribution >= 4 is 22.7 Å². The van der Waals surface area contributed by atoms with Gasteiger partial charge in [-0.15, -0.1) is 0 Å². The Morgan fingerprint density at radius 1 is 1.12 bits per heavy atom. The van der Waals surface area contributed by atoms with Crippen molar-refractivity contribution in [3.8, 4) is 0 Å². The molecule has 0 atom stereocenters. The predicted molar refractivity (Wildman–Crippen MR) is 97.8 cm³/mol. The van der Waals surface area contributed by atoms with Crippen molar-refractivity contribution in [3.63, 3.8) is 0 Å². The predicted octanol–water partition coefficient (Wildman–Crippen LogP) is 3.22. The molecule has 0 aliphatic carbocycles. The number of nitrogens with zero attached hydrogens (tertiary/aromatic N) is 2. The highest BCUT2D eigenvalue weighted by Crippen LogP contribution is 2.16. The van der Waals surface area contributed by atoms with Gasteiger partial charge in [0, 0.05) is 5.69 Å². The largest absolute Gasteiger partial charge is 0.442 e. The lowest BCUT2D eigenvalue weighted by Gasteiger charge is -2.21. The third kappa shape index (κ3) is 3.42. The number of anilines is 1. The molecule has 2 aromatic carbocycles. The first-order valence-electron chi connectivity index (χ1n) is 8.04. The van der Waals surface area contributed by atoms with Gasteiger partial charge in [0.25, 0.3) is 5.56 Å². The van der Waals surface area contributed by atoms with Crippen molar-refractivity contribution in [2.45, 2.75) is 32.9 Å². The minimum Gasteiger partial charge on any atom is -0.442 e. The molecule has 6 heteroatoms. The molecule has 0 saturated carbocycles. The molecular formula is C19H21N3O3. The fraction of sp³-hybridized carbons (Fsp3) is 0.263. The minimum absolute atomic E-state index is 0.220. The van der Waals surface area contributed by atoms with Gasteiger partial charge >= 0.3 is 6.09 Å². The van der Waals surface area contributed by atoms with Crippen molar-refractivity contribution in [2.24, 2.45) is 0 Å². The second-order valence-corrected chi connectivity index (χ2v) is 6.92. The summed E-state index contributed by atoms with van der Waals surface area (Å²) in [6.45, 7) is 5.59. The molecule has 2 N–H and O–H groups in total. The monoisotopic (exact) mass is 339 g/mol. The third-order valence-electron chi connectivity index (χ3n) is 3.69. The highest BCUT2D eigenvalue weighted by atomic mass is 16.6. The van der Waals surface area contributed by atoms with Crippen LogP contribution in [0, 0.1) is 0 Å². The van der Waals surface area contributed by atoms with Crippen LogP contribution in [-0.2, 0) is 11.3 Å². The Morgan fingerprint density at radius 2 is 1.84 bits per heavy atom. The maximum atomic E-state index is 12.8. The normalized spacial score (nSPS) is 11.6. The Kier molecular flexibility index (Phi) is 4.12. The number of carbonyl (C=O) groups is 1. The number of hydrogen-bond donors (Lipinski definition) is 1. The summed E-state index contributed by atoms with van der Waals surface area (Å²) < 4.78 is 8.17. The van der Waals surface area contributed by atoms with E-state index in [1.165, 1.54) is 9.36 Å². The first kappa shape index (κ1) is 16.8. The zero-order valence-corrected chi connectivity index (χ0v) is 14.5. The van der Waals surface area contributed by atoms with Crippen LogP contribution in [0.5, 0.6) is 0 Å². The first-order chi connectivity index (χ1) is 11.8. The molecule has 0 aliphatic rings. The van der Waals surface area contributed by atoms with Crippen molar-refractivity contribution in [1.29, 1.82) is 0 Å². The summed E-state index contributed by atoms with van der Waals surface area (Å²) >= 11 is 0. The van der Waals surface area contributed by atoms with E-state index in [4.69, 9.17) is 10.5 Å². The molecule has 130 valence electrons. The lowest BCUT2D eigenvalue weighted by Crippen LogP contribution is -2.33. The van der Waals surface area contributed by atoms with E-state index in [2.05, 4.69) is 0 Å². The Balaban J connectivity index is 2.16. The second-order valence-electron chi connectivity index (χ2n) is 6.92. The minimum atomic E-state index is -0.666. The Labute approximate surface area is 145 Å². The van der Waals surface area contributed by atoms with Gasteiger partial charge < -0.3 is 10.5 Å². The molecule has 0 aliphatic heterocycles. The molecule has 6 nitrogen and oxygen atoms in total. The smallest absolute Gasteiger partial charge is 0.434 e. The molecule has 3 rings (SSSR count). The van der Waals surface area contributed by atoms with Gasteiger partial charge in [0.1, 0.15) is 5.60 Å². The molecule has 0 fully saturated rings. The molecule has 3 aromatic rings. The van der Waals surface area contributed by atoms with E-state index >= 15 is 0 Å². The van der Waals surface area contributed by atoms with Gasteiger partial charge in [-0.05, 0) is 50.6 Å². The molecule has 0 bridgehead atoms. The number of nitrogen functional groups attached to an aromatic ring is 1.